The van der Waals surface area contributed by atoms with E-state index in [4.69, 9.17) is 14.2 Å². The summed E-state index contributed by atoms with van der Waals surface area (Å²) in [5.74, 6) is -0.141. The molecule has 0 aliphatic carbocycles. The van der Waals surface area contributed by atoms with E-state index in [1.807, 2.05) is 6.92 Å². The summed E-state index contributed by atoms with van der Waals surface area (Å²) < 4.78 is 15.7. The maximum Gasteiger partial charge on any atom is 0.410 e. The molecule has 0 saturated heterocycles. The molecular formula is C22H26N2O6S. The molecule has 0 saturated carbocycles. The number of ether oxygens (including phenoxy) is 3. The molecule has 166 valence electrons. The number of benzene rings is 1. The van der Waals surface area contributed by atoms with Gasteiger partial charge in [0.1, 0.15) is 10.8 Å². The van der Waals surface area contributed by atoms with Gasteiger partial charge in [-0.2, -0.15) is 0 Å². The van der Waals surface area contributed by atoms with Gasteiger partial charge in [0.15, 0.2) is 0 Å². The molecule has 8 nitrogen and oxygen atoms in total. The molecule has 0 radical (unpaired) electrons. The topological polar surface area (TPSA) is 94.2 Å². The van der Waals surface area contributed by atoms with Gasteiger partial charge >= 0.3 is 12.1 Å². The number of esters is 1. The summed E-state index contributed by atoms with van der Waals surface area (Å²) in [4.78, 5) is 40.0. The molecule has 2 amide bonds. The monoisotopic (exact) mass is 446 g/mol. The third-order valence-corrected chi connectivity index (χ3v) is 5.85. The van der Waals surface area contributed by atoms with E-state index in [1.165, 1.54) is 11.3 Å². The van der Waals surface area contributed by atoms with Gasteiger partial charge in [-0.15, -0.1) is 11.3 Å². The Labute approximate surface area is 185 Å². The number of thiophene rings is 1. The molecule has 0 fully saturated rings. The lowest BCUT2D eigenvalue weighted by Crippen LogP contribution is -2.36. The number of rotatable bonds is 7. The van der Waals surface area contributed by atoms with Gasteiger partial charge < -0.3 is 24.4 Å². The Morgan fingerprint density at radius 2 is 1.74 bits per heavy atom. The van der Waals surface area contributed by atoms with Gasteiger partial charge in [-0.1, -0.05) is 0 Å². The first kappa shape index (κ1) is 22.6. The van der Waals surface area contributed by atoms with Gasteiger partial charge in [0.25, 0.3) is 5.91 Å². The third kappa shape index (κ3) is 5.16. The van der Waals surface area contributed by atoms with E-state index in [0.717, 1.165) is 10.4 Å². The van der Waals surface area contributed by atoms with Crippen molar-refractivity contribution in [2.75, 3.05) is 31.7 Å². The minimum atomic E-state index is -0.480. The van der Waals surface area contributed by atoms with Crippen LogP contribution in [0.25, 0.3) is 0 Å². The Morgan fingerprint density at radius 1 is 1.03 bits per heavy atom. The van der Waals surface area contributed by atoms with Crippen LogP contribution in [0.3, 0.4) is 0 Å². The third-order valence-electron chi connectivity index (χ3n) is 4.72. The number of fused-ring (bicyclic) bond motifs is 1. The minimum Gasteiger partial charge on any atom is -0.494 e. The maximum atomic E-state index is 12.8. The highest BCUT2D eigenvalue weighted by molar-refractivity contribution is 7.17. The molecule has 1 aliphatic rings. The van der Waals surface area contributed by atoms with Crippen LogP contribution in [-0.2, 0) is 22.4 Å². The van der Waals surface area contributed by atoms with Crippen LogP contribution in [0, 0.1) is 0 Å². The van der Waals surface area contributed by atoms with Crippen molar-refractivity contribution in [2.24, 2.45) is 0 Å². The quantitative estimate of drug-likeness (QED) is 0.644. The number of hydrogen-bond acceptors (Lipinski definition) is 7. The number of anilines is 1. The highest BCUT2D eigenvalue weighted by Crippen LogP contribution is 2.38. The van der Waals surface area contributed by atoms with Gasteiger partial charge in [0, 0.05) is 17.0 Å². The zero-order valence-corrected chi connectivity index (χ0v) is 18.7. The smallest absolute Gasteiger partial charge is 0.410 e. The molecule has 1 N–H and O–H groups in total. The predicted octanol–water partition coefficient (Wildman–Crippen LogP) is 4.09. The molecule has 1 aliphatic heterocycles. The first-order valence-corrected chi connectivity index (χ1v) is 11.1. The number of nitrogens with zero attached hydrogens (tertiary/aromatic N) is 1. The van der Waals surface area contributed by atoms with E-state index in [9.17, 15) is 14.4 Å². The highest BCUT2D eigenvalue weighted by atomic mass is 32.1. The average molecular weight is 447 g/mol. The summed E-state index contributed by atoms with van der Waals surface area (Å²) >= 11 is 1.28. The zero-order chi connectivity index (χ0) is 22.4. The second-order valence-corrected chi connectivity index (χ2v) is 7.82. The van der Waals surface area contributed by atoms with Crippen LogP contribution < -0.4 is 10.1 Å². The van der Waals surface area contributed by atoms with Gasteiger partial charge in [-0.05, 0) is 57.0 Å². The molecule has 1 aromatic carbocycles. The first-order chi connectivity index (χ1) is 15.0. The van der Waals surface area contributed by atoms with Crippen molar-refractivity contribution in [3.05, 3.63) is 45.8 Å². The van der Waals surface area contributed by atoms with Crippen LogP contribution in [0.4, 0.5) is 9.80 Å². The maximum absolute atomic E-state index is 12.8. The summed E-state index contributed by atoms with van der Waals surface area (Å²) in [5.41, 5.74) is 1.62. The van der Waals surface area contributed by atoms with E-state index >= 15 is 0 Å². The summed E-state index contributed by atoms with van der Waals surface area (Å²) in [6.07, 6.45) is 0.0942. The fraction of sp³-hybridized carbons (Fsp3) is 0.409. The van der Waals surface area contributed by atoms with Crippen molar-refractivity contribution in [3.63, 3.8) is 0 Å². The molecule has 2 aromatic rings. The molecule has 9 heteroatoms. The highest BCUT2D eigenvalue weighted by Gasteiger charge is 2.31. The Kier molecular flexibility index (Phi) is 7.51. The summed E-state index contributed by atoms with van der Waals surface area (Å²) in [6.45, 7) is 7.20. The molecular weight excluding hydrogens is 420 g/mol. The lowest BCUT2D eigenvalue weighted by molar-refractivity contribution is 0.0526. The second-order valence-electron chi connectivity index (χ2n) is 6.71. The zero-order valence-electron chi connectivity index (χ0n) is 17.9. The molecule has 0 bridgehead atoms. The Hall–Kier alpha value is -3.07. The summed E-state index contributed by atoms with van der Waals surface area (Å²) in [5, 5.41) is 3.27. The average Bonchev–Trinajstić information content (AvgIpc) is 3.11. The first-order valence-electron chi connectivity index (χ1n) is 10.3. The van der Waals surface area contributed by atoms with Gasteiger partial charge in [-0.3, -0.25) is 4.79 Å². The lowest BCUT2D eigenvalue weighted by Gasteiger charge is -2.26. The van der Waals surface area contributed by atoms with E-state index < -0.39 is 5.97 Å². The molecule has 0 spiro atoms. The van der Waals surface area contributed by atoms with Crippen LogP contribution in [0.15, 0.2) is 24.3 Å². The van der Waals surface area contributed by atoms with Crippen molar-refractivity contribution < 1.29 is 28.6 Å². The van der Waals surface area contributed by atoms with Crippen LogP contribution in [0.1, 0.15) is 51.9 Å². The van der Waals surface area contributed by atoms with Gasteiger partial charge in [0.05, 0.1) is 31.9 Å². The van der Waals surface area contributed by atoms with E-state index in [1.54, 1.807) is 43.0 Å². The number of carbonyl (C=O) groups excluding carboxylic acids is 3. The van der Waals surface area contributed by atoms with Crippen LogP contribution >= 0.6 is 11.3 Å². The molecule has 31 heavy (non-hydrogen) atoms. The van der Waals surface area contributed by atoms with Crippen LogP contribution in [0.5, 0.6) is 5.75 Å². The SMILES string of the molecule is CCOC(=O)c1c(NC(=O)c2ccc(OCC)cc2)sc2c1CCN(C(=O)OCC)C2. The number of amides is 2. The minimum absolute atomic E-state index is 0.227. The molecule has 1 aromatic heterocycles. The lowest BCUT2D eigenvalue weighted by atomic mass is 10.0. The fourth-order valence-corrected chi connectivity index (χ4v) is 4.57. The predicted molar refractivity (Wildman–Crippen MR) is 117 cm³/mol. The second kappa shape index (κ2) is 10.3. The standard InChI is InChI=1S/C22H26N2O6S/c1-4-28-15-9-7-14(8-10-15)19(25)23-20-18(21(26)29-5-2)16-11-12-24(13-17(16)31-20)22(27)30-6-3/h7-10H,4-6,11-13H2,1-3H3,(H,23,25). The van der Waals surface area contributed by atoms with Gasteiger partial charge in [0.2, 0.25) is 0 Å². The van der Waals surface area contributed by atoms with Crippen LogP contribution in [0.2, 0.25) is 0 Å². The summed E-state index contributed by atoms with van der Waals surface area (Å²) in [6, 6.07) is 6.78. The fourth-order valence-electron chi connectivity index (χ4n) is 3.33. The Balaban J connectivity index is 1.86. The molecule has 0 unspecified atom stereocenters. The van der Waals surface area contributed by atoms with E-state index in [0.29, 0.717) is 54.6 Å². The molecule has 0 atom stereocenters. The summed E-state index contributed by atoms with van der Waals surface area (Å²) in [7, 11) is 0. The normalized spacial score (nSPS) is 12.7. The number of nitrogens with one attached hydrogen (secondary N) is 1. The number of carbonyl (C=O) groups is 3. The largest absolute Gasteiger partial charge is 0.494 e. The van der Waals surface area contributed by atoms with Crippen molar-refractivity contribution in [1.82, 2.24) is 4.90 Å². The van der Waals surface area contributed by atoms with Crippen molar-refractivity contribution in [1.29, 1.82) is 0 Å². The van der Waals surface area contributed by atoms with Gasteiger partial charge in [-0.25, -0.2) is 9.59 Å². The Morgan fingerprint density at radius 3 is 2.39 bits per heavy atom. The molecule has 2 heterocycles. The molecule has 3 rings (SSSR count). The van der Waals surface area contributed by atoms with Crippen LogP contribution in [-0.4, -0.2) is 49.2 Å². The van der Waals surface area contributed by atoms with Crippen molar-refractivity contribution in [2.45, 2.75) is 33.7 Å². The van der Waals surface area contributed by atoms with E-state index in [-0.39, 0.29) is 18.6 Å². The van der Waals surface area contributed by atoms with Crippen molar-refractivity contribution in [3.8, 4) is 5.75 Å². The number of hydrogen-bond donors (Lipinski definition) is 1. The van der Waals surface area contributed by atoms with Crippen molar-refractivity contribution >= 4 is 34.3 Å². The van der Waals surface area contributed by atoms with E-state index in [2.05, 4.69) is 5.32 Å². The Bertz CT molecular complexity index is 954.